The van der Waals surface area contributed by atoms with Crippen LogP contribution in [0.2, 0.25) is 0 Å². The highest BCUT2D eigenvalue weighted by Crippen LogP contribution is 2.14. The lowest BCUT2D eigenvalue weighted by Crippen LogP contribution is -2.10. The molecule has 0 saturated heterocycles. The van der Waals surface area contributed by atoms with Gasteiger partial charge in [-0.25, -0.2) is 9.67 Å². The molecule has 3 heterocycles. The highest BCUT2D eigenvalue weighted by molar-refractivity contribution is 5.49. The van der Waals surface area contributed by atoms with Gasteiger partial charge in [0.05, 0.1) is 6.54 Å². The van der Waals surface area contributed by atoms with Crippen LogP contribution in [0, 0.1) is 0 Å². The SMILES string of the molecule is CCCn1nnnc1Cn1ccnc1-c1ccccn1. The van der Waals surface area contributed by atoms with E-state index in [0.29, 0.717) is 6.54 Å². The molecule has 0 spiro atoms. The summed E-state index contributed by atoms with van der Waals surface area (Å²) in [7, 11) is 0. The van der Waals surface area contributed by atoms with E-state index >= 15 is 0 Å². The highest BCUT2D eigenvalue weighted by Gasteiger charge is 2.11. The third-order valence-corrected chi connectivity index (χ3v) is 2.96. The van der Waals surface area contributed by atoms with Crippen molar-refractivity contribution in [1.82, 2.24) is 34.7 Å². The standard InChI is InChI=1S/C13H15N7/c1-2-8-20-12(16-17-18-20)10-19-9-7-15-13(19)11-5-3-4-6-14-11/h3-7,9H,2,8,10H2,1H3. The maximum absolute atomic E-state index is 4.37. The number of hydrogen-bond donors (Lipinski definition) is 0. The van der Waals surface area contributed by atoms with E-state index in [9.17, 15) is 0 Å². The van der Waals surface area contributed by atoms with E-state index in [4.69, 9.17) is 0 Å². The van der Waals surface area contributed by atoms with Gasteiger partial charge in [-0.3, -0.25) is 4.98 Å². The largest absolute Gasteiger partial charge is 0.322 e. The van der Waals surface area contributed by atoms with Crippen LogP contribution >= 0.6 is 0 Å². The quantitative estimate of drug-likeness (QED) is 0.699. The summed E-state index contributed by atoms with van der Waals surface area (Å²) < 4.78 is 3.82. The number of nitrogens with zero attached hydrogens (tertiary/aromatic N) is 7. The Balaban J connectivity index is 1.89. The molecule has 0 amide bonds. The second-order valence-corrected chi connectivity index (χ2v) is 4.41. The zero-order valence-electron chi connectivity index (χ0n) is 11.2. The van der Waals surface area contributed by atoms with Crippen LogP contribution in [-0.4, -0.2) is 34.7 Å². The minimum Gasteiger partial charge on any atom is -0.322 e. The summed E-state index contributed by atoms with van der Waals surface area (Å²) in [5.41, 5.74) is 0.840. The first-order valence-electron chi connectivity index (χ1n) is 6.56. The van der Waals surface area contributed by atoms with Crippen molar-refractivity contribution in [3.8, 4) is 11.5 Å². The van der Waals surface area contributed by atoms with E-state index in [1.165, 1.54) is 0 Å². The highest BCUT2D eigenvalue weighted by atomic mass is 15.5. The predicted octanol–water partition coefficient (Wildman–Crippen LogP) is 1.39. The van der Waals surface area contributed by atoms with Crippen molar-refractivity contribution in [3.05, 3.63) is 42.6 Å². The van der Waals surface area contributed by atoms with Crippen LogP contribution < -0.4 is 0 Å². The normalized spacial score (nSPS) is 10.8. The minimum atomic E-state index is 0.582. The van der Waals surface area contributed by atoms with Crippen molar-refractivity contribution < 1.29 is 0 Å². The summed E-state index contributed by atoms with van der Waals surface area (Å²) >= 11 is 0. The van der Waals surface area contributed by atoms with Gasteiger partial charge < -0.3 is 4.57 Å². The van der Waals surface area contributed by atoms with E-state index in [1.807, 2.05) is 33.6 Å². The van der Waals surface area contributed by atoms with Gasteiger partial charge in [0.25, 0.3) is 0 Å². The Kier molecular flexibility index (Phi) is 3.49. The number of pyridine rings is 1. The van der Waals surface area contributed by atoms with E-state index < -0.39 is 0 Å². The van der Waals surface area contributed by atoms with Crippen molar-refractivity contribution in [1.29, 1.82) is 0 Å². The van der Waals surface area contributed by atoms with E-state index in [1.54, 1.807) is 12.4 Å². The predicted molar refractivity (Wildman–Crippen MR) is 72.7 cm³/mol. The lowest BCUT2D eigenvalue weighted by Gasteiger charge is -2.07. The minimum absolute atomic E-state index is 0.582. The van der Waals surface area contributed by atoms with Gasteiger partial charge in [0.15, 0.2) is 11.6 Å². The molecule has 0 fully saturated rings. The molecular formula is C13H15N7. The molecule has 3 aromatic heterocycles. The first-order chi connectivity index (χ1) is 9.88. The number of imidazole rings is 1. The number of aryl methyl sites for hydroxylation is 1. The van der Waals surface area contributed by atoms with Crippen LogP contribution in [0.3, 0.4) is 0 Å². The molecule has 0 bridgehead atoms. The number of tetrazole rings is 1. The lowest BCUT2D eigenvalue weighted by molar-refractivity contribution is 0.544. The summed E-state index contributed by atoms with van der Waals surface area (Å²) in [5.74, 6) is 1.64. The lowest BCUT2D eigenvalue weighted by atomic mass is 10.3. The van der Waals surface area contributed by atoms with Crippen molar-refractivity contribution in [2.75, 3.05) is 0 Å². The van der Waals surface area contributed by atoms with Gasteiger partial charge in [0.1, 0.15) is 5.69 Å². The van der Waals surface area contributed by atoms with Crippen molar-refractivity contribution in [3.63, 3.8) is 0 Å². The molecule has 0 radical (unpaired) electrons. The topological polar surface area (TPSA) is 74.3 Å². The van der Waals surface area contributed by atoms with Crippen LogP contribution in [0.4, 0.5) is 0 Å². The first-order valence-corrected chi connectivity index (χ1v) is 6.56. The Bertz CT molecular complexity index is 671. The molecule has 0 saturated carbocycles. The molecule has 7 nitrogen and oxygen atoms in total. The summed E-state index contributed by atoms with van der Waals surface area (Å²) in [4.78, 5) is 8.69. The molecule has 102 valence electrons. The Morgan fingerprint density at radius 2 is 2.10 bits per heavy atom. The molecule has 0 aliphatic heterocycles. The van der Waals surface area contributed by atoms with E-state index in [-0.39, 0.29) is 0 Å². The molecule has 3 aromatic rings. The van der Waals surface area contributed by atoms with Crippen LogP contribution in [-0.2, 0) is 13.1 Å². The van der Waals surface area contributed by atoms with Gasteiger partial charge >= 0.3 is 0 Å². The van der Waals surface area contributed by atoms with Crippen LogP contribution in [0.1, 0.15) is 19.2 Å². The van der Waals surface area contributed by atoms with Gasteiger partial charge in [0, 0.05) is 25.1 Å². The maximum Gasteiger partial charge on any atom is 0.171 e. The molecule has 20 heavy (non-hydrogen) atoms. The molecule has 3 rings (SSSR count). The molecular weight excluding hydrogens is 254 g/mol. The first kappa shape index (κ1) is 12.5. The zero-order valence-corrected chi connectivity index (χ0v) is 11.2. The molecule has 0 aromatic carbocycles. The van der Waals surface area contributed by atoms with Gasteiger partial charge in [-0.05, 0) is 29.0 Å². The zero-order chi connectivity index (χ0) is 13.8. The summed E-state index contributed by atoms with van der Waals surface area (Å²) in [6.07, 6.45) is 6.43. The number of aromatic nitrogens is 7. The second kappa shape index (κ2) is 5.60. The fraction of sp³-hybridized carbons (Fsp3) is 0.308. The Hall–Kier alpha value is -2.57. The van der Waals surface area contributed by atoms with Gasteiger partial charge in [0.2, 0.25) is 0 Å². The van der Waals surface area contributed by atoms with Gasteiger partial charge in [-0.15, -0.1) is 5.10 Å². The molecule has 0 aliphatic carbocycles. The smallest absolute Gasteiger partial charge is 0.171 e. The Labute approximate surface area is 116 Å². The van der Waals surface area contributed by atoms with Gasteiger partial charge in [-0.2, -0.15) is 0 Å². The van der Waals surface area contributed by atoms with Crippen LogP contribution in [0.15, 0.2) is 36.8 Å². The maximum atomic E-state index is 4.37. The third kappa shape index (κ3) is 2.42. The number of rotatable bonds is 5. The molecule has 0 atom stereocenters. The fourth-order valence-corrected chi connectivity index (χ4v) is 2.04. The van der Waals surface area contributed by atoms with Crippen molar-refractivity contribution in [2.45, 2.75) is 26.4 Å². The summed E-state index contributed by atoms with van der Waals surface area (Å²) in [6, 6.07) is 5.77. The van der Waals surface area contributed by atoms with E-state index in [0.717, 1.165) is 30.3 Å². The Morgan fingerprint density at radius 1 is 1.15 bits per heavy atom. The average Bonchev–Trinajstić information content (AvgIpc) is 3.11. The molecule has 0 N–H and O–H groups in total. The summed E-state index contributed by atoms with van der Waals surface area (Å²) in [6.45, 7) is 3.50. The monoisotopic (exact) mass is 269 g/mol. The fourth-order valence-electron chi connectivity index (χ4n) is 2.04. The van der Waals surface area contributed by atoms with Crippen molar-refractivity contribution in [2.24, 2.45) is 0 Å². The van der Waals surface area contributed by atoms with E-state index in [2.05, 4.69) is 32.4 Å². The number of hydrogen-bond acceptors (Lipinski definition) is 5. The third-order valence-electron chi connectivity index (χ3n) is 2.96. The van der Waals surface area contributed by atoms with Crippen LogP contribution in [0.25, 0.3) is 11.5 Å². The van der Waals surface area contributed by atoms with Crippen LogP contribution in [0.5, 0.6) is 0 Å². The summed E-state index contributed by atoms with van der Waals surface area (Å²) in [5, 5.41) is 11.8. The second-order valence-electron chi connectivity index (χ2n) is 4.41. The average molecular weight is 269 g/mol. The Morgan fingerprint density at radius 3 is 2.90 bits per heavy atom. The molecule has 7 heteroatoms. The molecule has 0 unspecified atom stereocenters. The van der Waals surface area contributed by atoms with Gasteiger partial charge in [-0.1, -0.05) is 13.0 Å². The van der Waals surface area contributed by atoms with Crippen molar-refractivity contribution >= 4 is 0 Å². The molecule has 0 aliphatic rings.